The molecule has 1 heterocycles. The van der Waals surface area contributed by atoms with Gasteiger partial charge in [-0.05, 0) is 36.9 Å². The third-order valence-corrected chi connectivity index (χ3v) is 5.67. The Labute approximate surface area is 89.0 Å². The van der Waals surface area contributed by atoms with Crippen molar-refractivity contribution in [2.24, 2.45) is 5.41 Å². The molecule has 0 bridgehead atoms. The van der Waals surface area contributed by atoms with Crippen molar-refractivity contribution in [3.63, 3.8) is 0 Å². The van der Waals surface area contributed by atoms with E-state index in [4.69, 9.17) is 0 Å². The molecule has 0 N–H and O–H groups in total. The molecule has 0 spiro atoms. The molecule has 72 valence electrons. The molecule has 2 unspecified atom stereocenters. The van der Waals surface area contributed by atoms with Crippen LogP contribution in [0, 0.1) is 5.41 Å². The van der Waals surface area contributed by atoms with E-state index in [9.17, 15) is 0 Å². The summed E-state index contributed by atoms with van der Waals surface area (Å²) in [6, 6.07) is 0. The molecule has 2 heteroatoms. The van der Waals surface area contributed by atoms with Crippen LogP contribution in [0.4, 0.5) is 0 Å². The summed E-state index contributed by atoms with van der Waals surface area (Å²) >= 11 is 5.81. The minimum atomic E-state index is 0.544. The number of alkyl halides is 1. The Morgan fingerprint density at radius 2 is 2.33 bits per heavy atom. The molecule has 12 heavy (non-hydrogen) atoms. The van der Waals surface area contributed by atoms with Crippen molar-refractivity contribution in [3.05, 3.63) is 0 Å². The first-order valence-electron chi connectivity index (χ1n) is 4.88. The summed E-state index contributed by atoms with van der Waals surface area (Å²) in [5.74, 6) is 1.40. The van der Waals surface area contributed by atoms with Crippen LogP contribution in [0.2, 0.25) is 0 Å². The summed E-state index contributed by atoms with van der Waals surface area (Å²) < 4.78 is 0. The molecule has 0 aliphatic carbocycles. The Balaban J connectivity index is 2.35. The zero-order valence-corrected chi connectivity index (χ0v) is 10.5. The molecule has 1 aliphatic heterocycles. The molecular formula is C10H19BrS. The van der Waals surface area contributed by atoms with Gasteiger partial charge in [-0.3, -0.25) is 0 Å². The monoisotopic (exact) mass is 250 g/mol. The van der Waals surface area contributed by atoms with Crippen molar-refractivity contribution in [1.82, 2.24) is 0 Å². The molecule has 1 saturated heterocycles. The summed E-state index contributed by atoms with van der Waals surface area (Å²) in [7, 11) is 0. The highest BCUT2D eigenvalue weighted by Crippen LogP contribution is 2.38. The number of hydrogen-bond donors (Lipinski definition) is 0. The van der Waals surface area contributed by atoms with Crippen molar-refractivity contribution < 1.29 is 0 Å². The van der Waals surface area contributed by atoms with Gasteiger partial charge < -0.3 is 0 Å². The second-order valence-electron chi connectivity index (χ2n) is 4.14. The molecule has 0 aromatic carbocycles. The topological polar surface area (TPSA) is 0 Å². The molecule has 0 amide bonds. The lowest BCUT2D eigenvalue weighted by atomic mass is 9.84. The fourth-order valence-electron chi connectivity index (χ4n) is 1.65. The van der Waals surface area contributed by atoms with Crippen LogP contribution in [0.3, 0.4) is 0 Å². The van der Waals surface area contributed by atoms with E-state index in [0.717, 1.165) is 10.6 Å². The maximum absolute atomic E-state index is 3.63. The van der Waals surface area contributed by atoms with E-state index in [1.54, 1.807) is 0 Å². The third-order valence-electron chi connectivity index (χ3n) is 2.92. The Morgan fingerprint density at radius 1 is 1.58 bits per heavy atom. The first-order valence-corrected chi connectivity index (χ1v) is 7.05. The second-order valence-corrected chi connectivity index (χ2v) is 6.11. The molecule has 0 aromatic heterocycles. The number of hydrogen-bond acceptors (Lipinski definition) is 1. The highest BCUT2D eigenvalue weighted by Gasteiger charge is 2.27. The zero-order valence-electron chi connectivity index (χ0n) is 8.11. The van der Waals surface area contributed by atoms with Crippen LogP contribution in [-0.4, -0.2) is 16.3 Å². The van der Waals surface area contributed by atoms with E-state index in [0.29, 0.717) is 5.41 Å². The van der Waals surface area contributed by atoms with Crippen molar-refractivity contribution >= 4 is 27.7 Å². The minimum absolute atomic E-state index is 0.544. The van der Waals surface area contributed by atoms with Gasteiger partial charge in [0.05, 0.1) is 0 Å². The number of rotatable bonds is 4. The van der Waals surface area contributed by atoms with Crippen LogP contribution >= 0.6 is 27.7 Å². The molecule has 0 saturated carbocycles. The highest BCUT2D eigenvalue weighted by molar-refractivity contribution is 9.09. The van der Waals surface area contributed by atoms with Gasteiger partial charge in [-0.25, -0.2) is 0 Å². The van der Waals surface area contributed by atoms with Crippen molar-refractivity contribution in [2.45, 2.75) is 44.8 Å². The summed E-state index contributed by atoms with van der Waals surface area (Å²) in [4.78, 5) is 0. The van der Waals surface area contributed by atoms with Gasteiger partial charge in [0.15, 0.2) is 0 Å². The molecular weight excluding hydrogens is 232 g/mol. The highest BCUT2D eigenvalue weighted by atomic mass is 79.9. The van der Waals surface area contributed by atoms with Gasteiger partial charge in [-0.2, -0.15) is 11.8 Å². The van der Waals surface area contributed by atoms with E-state index < -0.39 is 0 Å². The van der Waals surface area contributed by atoms with E-state index in [-0.39, 0.29) is 0 Å². The quantitative estimate of drug-likeness (QED) is 0.678. The molecule has 0 radical (unpaired) electrons. The van der Waals surface area contributed by atoms with Crippen LogP contribution in [0.5, 0.6) is 0 Å². The van der Waals surface area contributed by atoms with Crippen LogP contribution in [0.15, 0.2) is 0 Å². The Bertz CT molecular complexity index is 126. The first-order chi connectivity index (χ1) is 5.70. The fraction of sp³-hybridized carbons (Fsp3) is 1.00. The van der Waals surface area contributed by atoms with Crippen molar-refractivity contribution in [3.8, 4) is 0 Å². The van der Waals surface area contributed by atoms with Gasteiger partial charge in [0.2, 0.25) is 0 Å². The Hall–Kier alpha value is 0.830. The molecule has 1 rings (SSSR count). The SMILES string of the molecule is CCC(C)(CBr)CC1CCCS1. The predicted octanol–water partition coefficient (Wildman–Crippen LogP) is 4.08. The van der Waals surface area contributed by atoms with E-state index in [2.05, 4.69) is 41.5 Å². The smallest absolute Gasteiger partial charge is 0.00856 e. The van der Waals surface area contributed by atoms with Crippen molar-refractivity contribution in [2.75, 3.05) is 11.1 Å². The maximum Gasteiger partial charge on any atom is 0.00856 e. The van der Waals surface area contributed by atoms with Gasteiger partial charge in [0.25, 0.3) is 0 Å². The molecule has 0 nitrogen and oxygen atoms in total. The van der Waals surface area contributed by atoms with Gasteiger partial charge >= 0.3 is 0 Å². The van der Waals surface area contributed by atoms with Crippen LogP contribution in [0.25, 0.3) is 0 Å². The lowest BCUT2D eigenvalue weighted by Gasteiger charge is -2.28. The number of halogens is 1. The van der Waals surface area contributed by atoms with Crippen molar-refractivity contribution in [1.29, 1.82) is 0 Å². The largest absolute Gasteiger partial charge is 0.159 e. The summed E-state index contributed by atoms with van der Waals surface area (Å²) in [6.07, 6.45) is 5.60. The maximum atomic E-state index is 3.63. The van der Waals surface area contributed by atoms with Gasteiger partial charge in [-0.15, -0.1) is 0 Å². The average Bonchev–Trinajstić information content (AvgIpc) is 2.57. The first kappa shape index (κ1) is 10.9. The summed E-state index contributed by atoms with van der Waals surface area (Å²) in [6.45, 7) is 4.71. The lowest BCUT2D eigenvalue weighted by molar-refractivity contribution is 0.327. The molecule has 1 fully saturated rings. The van der Waals surface area contributed by atoms with Crippen LogP contribution < -0.4 is 0 Å². The van der Waals surface area contributed by atoms with Crippen LogP contribution in [-0.2, 0) is 0 Å². The Kier molecular flexibility index (Phi) is 4.45. The zero-order chi connectivity index (χ0) is 9.03. The van der Waals surface area contributed by atoms with E-state index >= 15 is 0 Å². The third kappa shape index (κ3) is 2.95. The predicted molar refractivity (Wildman–Crippen MR) is 62.3 cm³/mol. The Morgan fingerprint density at radius 3 is 2.75 bits per heavy atom. The second kappa shape index (κ2) is 4.90. The standard InChI is InChI=1S/C10H19BrS/c1-3-10(2,8-11)7-9-5-4-6-12-9/h9H,3-8H2,1-2H3. The van der Waals surface area contributed by atoms with Crippen LogP contribution in [0.1, 0.15) is 39.5 Å². The van der Waals surface area contributed by atoms with E-state index in [1.165, 1.54) is 31.4 Å². The van der Waals surface area contributed by atoms with E-state index in [1.807, 2.05) is 0 Å². The fourth-order valence-corrected chi connectivity index (χ4v) is 3.79. The van der Waals surface area contributed by atoms with Gasteiger partial charge in [0, 0.05) is 10.6 Å². The lowest BCUT2D eigenvalue weighted by Crippen LogP contribution is -2.21. The normalized spacial score (nSPS) is 28.8. The number of thioether (sulfide) groups is 1. The minimum Gasteiger partial charge on any atom is -0.159 e. The summed E-state index contributed by atoms with van der Waals surface area (Å²) in [5, 5.41) is 2.11. The molecule has 2 atom stereocenters. The van der Waals surface area contributed by atoms with Gasteiger partial charge in [0.1, 0.15) is 0 Å². The molecule has 1 aliphatic rings. The average molecular weight is 251 g/mol. The summed E-state index contributed by atoms with van der Waals surface area (Å²) in [5.41, 5.74) is 0.544. The molecule has 0 aromatic rings. The van der Waals surface area contributed by atoms with Gasteiger partial charge in [-0.1, -0.05) is 29.8 Å².